The van der Waals surface area contributed by atoms with Gasteiger partial charge in [-0.3, -0.25) is 14.2 Å². The number of carbonyl (C=O) groups is 1. The maximum absolute atomic E-state index is 13.1. The zero-order valence-electron chi connectivity index (χ0n) is 20.4. The molecular formula is C23H22FN9O6. The fourth-order valence-corrected chi connectivity index (χ4v) is 3.95. The van der Waals surface area contributed by atoms with Crippen molar-refractivity contribution in [3.63, 3.8) is 0 Å². The molecule has 39 heavy (non-hydrogen) atoms. The Kier molecular flexibility index (Phi) is 8.10. The van der Waals surface area contributed by atoms with Crippen molar-refractivity contribution in [2.45, 2.75) is 38.3 Å². The quantitative estimate of drug-likeness (QED) is 0.131. The lowest BCUT2D eigenvalue weighted by molar-refractivity contribution is -0.110. The number of hydrogen-bond donors (Lipinski definition) is 2. The Morgan fingerprint density at radius 2 is 2.08 bits per heavy atom. The highest BCUT2D eigenvalue weighted by Crippen LogP contribution is 2.29. The fraction of sp³-hybridized carbons (Fsp3) is 0.304. The molecule has 0 radical (unpaired) electrons. The molecule has 1 aliphatic heterocycles. The number of aliphatic hydroxyl groups excluding tert-OH is 2. The van der Waals surface area contributed by atoms with Crippen molar-refractivity contribution in [3.8, 4) is 0 Å². The van der Waals surface area contributed by atoms with Gasteiger partial charge in [-0.25, -0.2) is 18.4 Å². The van der Waals surface area contributed by atoms with Crippen molar-refractivity contribution in [1.82, 2.24) is 29.3 Å². The zero-order chi connectivity index (χ0) is 28.1. The summed E-state index contributed by atoms with van der Waals surface area (Å²) in [6.07, 6.45) is 2.25. The molecule has 1 fully saturated rings. The van der Waals surface area contributed by atoms with E-state index in [1.807, 2.05) is 0 Å². The summed E-state index contributed by atoms with van der Waals surface area (Å²) in [6, 6.07) is 4.82. The molecule has 3 heterocycles. The van der Waals surface area contributed by atoms with E-state index in [0.717, 1.165) is 22.9 Å². The van der Waals surface area contributed by atoms with Crippen molar-refractivity contribution >= 4 is 17.7 Å². The minimum Gasteiger partial charge on any atom is -0.504 e. The van der Waals surface area contributed by atoms with E-state index in [1.165, 1.54) is 42.1 Å². The minimum absolute atomic E-state index is 0.0821. The van der Waals surface area contributed by atoms with Crippen LogP contribution < -0.4 is 11.2 Å². The molecule has 0 aliphatic carbocycles. The number of aliphatic hydroxyl groups is 2. The molecule has 3 aromatic rings. The predicted octanol–water partition coefficient (Wildman–Crippen LogP) is 1.09. The Bertz CT molecular complexity index is 1600. The van der Waals surface area contributed by atoms with E-state index in [0.29, 0.717) is 10.1 Å². The number of halogens is 1. The molecule has 3 atom stereocenters. The summed E-state index contributed by atoms with van der Waals surface area (Å²) in [7, 11) is 0. The number of carbonyl (C=O) groups excluding carboxylic acids is 1. The van der Waals surface area contributed by atoms with Crippen LogP contribution in [0, 0.1) is 12.7 Å². The Hall–Kier alpha value is -4.92. The summed E-state index contributed by atoms with van der Waals surface area (Å²) in [6.45, 7) is 1.11. The zero-order valence-corrected chi connectivity index (χ0v) is 20.4. The number of benzene rings is 1. The van der Waals surface area contributed by atoms with Crippen LogP contribution in [0.3, 0.4) is 0 Å². The van der Waals surface area contributed by atoms with Crippen LogP contribution in [0.25, 0.3) is 22.4 Å². The first kappa shape index (κ1) is 27.1. The highest BCUT2D eigenvalue weighted by molar-refractivity contribution is 6.04. The number of aryl methyl sites for hydroxylation is 1. The molecule has 2 N–H and O–H groups in total. The number of ketones is 1. The van der Waals surface area contributed by atoms with E-state index in [1.54, 1.807) is 0 Å². The van der Waals surface area contributed by atoms with E-state index in [-0.39, 0.29) is 24.4 Å². The summed E-state index contributed by atoms with van der Waals surface area (Å²) in [5.74, 6) is -1.92. The third-order valence-electron chi connectivity index (χ3n) is 5.88. The number of tetrazole rings is 1. The second kappa shape index (κ2) is 11.6. The van der Waals surface area contributed by atoms with Gasteiger partial charge < -0.3 is 14.9 Å². The molecule has 16 heteroatoms. The Morgan fingerprint density at radius 3 is 2.77 bits per heavy atom. The van der Waals surface area contributed by atoms with E-state index < -0.39 is 53.6 Å². The summed E-state index contributed by atoms with van der Waals surface area (Å²) in [5.41, 5.74) is 7.99. The number of hydrogen-bond acceptors (Lipinski definition) is 10. The van der Waals surface area contributed by atoms with Crippen molar-refractivity contribution < 1.29 is 24.1 Å². The van der Waals surface area contributed by atoms with Gasteiger partial charge in [0.2, 0.25) is 5.82 Å². The van der Waals surface area contributed by atoms with Gasteiger partial charge in [0.05, 0.1) is 25.3 Å². The van der Waals surface area contributed by atoms with Gasteiger partial charge >= 0.3 is 5.69 Å². The third-order valence-corrected chi connectivity index (χ3v) is 5.88. The van der Waals surface area contributed by atoms with Gasteiger partial charge in [-0.2, -0.15) is 0 Å². The molecule has 15 nitrogen and oxygen atoms in total. The topological polar surface area (TPSA) is 203 Å². The molecule has 1 saturated heterocycles. The lowest BCUT2D eigenvalue weighted by atomic mass is 10.1. The highest BCUT2D eigenvalue weighted by atomic mass is 19.1. The molecule has 1 aromatic carbocycles. The average Bonchev–Trinajstić information content (AvgIpc) is 3.54. The molecule has 202 valence electrons. The first-order chi connectivity index (χ1) is 18.7. The minimum atomic E-state index is -0.927. The normalized spacial score (nSPS) is 19.4. The second-order valence-electron chi connectivity index (χ2n) is 8.53. The van der Waals surface area contributed by atoms with E-state index >= 15 is 0 Å². The Labute approximate surface area is 218 Å². The van der Waals surface area contributed by atoms with Crippen molar-refractivity contribution in [3.05, 3.63) is 96.7 Å². The van der Waals surface area contributed by atoms with Crippen molar-refractivity contribution in [2.24, 2.45) is 5.11 Å². The first-order valence-electron chi connectivity index (χ1n) is 11.5. The molecule has 0 spiro atoms. The predicted molar refractivity (Wildman–Crippen MR) is 133 cm³/mol. The Balaban J connectivity index is 1.56. The summed E-state index contributed by atoms with van der Waals surface area (Å²) in [5, 5.41) is 34.4. The maximum Gasteiger partial charge on any atom is 0.337 e. The molecule has 2 aromatic heterocycles. The van der Waals surface area contributed by atoms with E-state index in [2.05, 4.69) is 25.6 Å². The van der Waals surface area contributed by atoms with Crippen molar-refractivity contribution in [2.75, 3.05) is 6.61 Å². The largest absolute Gasteiger partial charge is 0.504 e. The Morgan fingerprint density at radius 1 is 1.33 bits per heavy atom. The van der Waals surface area contributed by atoms with Crippen LogP contribution in [0.5, 0.6) is 0 Å². The molecule has 1 aliphatic rings. The van der Waals surface area contributed by atoms with Gasteiger partial charge in [0.1, 0.15) is 12.0 Å². The third kappa shape index (κ3) is 5.98. The van der Waals surface area contributed by atoms with Crippen LogP contribution >= 0.6 is 0 Å². The number of nitrogens with zero attached hydrogens (tertiary/aromatic N) is 9. The molecule has 4 rings (SSSR count). The number of azide groups is 1. The van der Waals surface area contributed by atoms with Gasteiger partial charge in [-0.1, -0.05) is 17.2 Å². The molecule has 0 unspecified atom stereocenters. The average molecular weight is 539 g/mol. The molecule has 0 bridgehead atoms. The summed E-state index contributed by atoms with van der Waals surface area (Å²) < 4.78 is 21.8. The second-order valence-corrected chi connectivity index (χ2v) is 8.53. The molecule has 0 amide bonds. The first-order valence-corrected chi connectivity index (χ1v) is 11.5. The number of aromatic nitrogens is 6. The summed E-state index contributed by atoms with van der Waals surface area (Å²) in [4.78, 5) is 40.9. The maximum atomic E-state index is 13.1. The van der Waals surface area contributed by atoms with Gasteiger partial charge in [0.25, 0.3) is 5.56 Å². The fourth-order valence-electron chi connectivity index (χ4n) is 3.95. The highest BCUT2D eigenvalue weighted by Gasteiger charge is 2.36. The smallest absolute Gasteiger partial charge is 0.337 e. The van der Waals surface area contributed by atoms with Crippen LogP contribution in [0.15, 0.2) is 57.3 Å². The van der Waals surface area contributed by atoms with Gasteiger partial charge in [-0.15, -0.1) is 5.10 Å². The standard InChI is InChI=1S/C23H22FN9O6/c1-13-10-32(20-9-17(26-28-25)19(12-34)39-20)23(38)31(22(13)37)7-6-16(35)8-18(36)21-27-29-30-33(21)11-14-2-4-15(24)5-3-14/h2-8,10,17,19-20,34,36H,9,11-12H2,1H3/b7-6+,18-8-/t17-,19+,20+/m0/s1. The number of ether oxygens (including phenoxy) is 1. The van der Waals surface area contributed by atoms with Crippen LogP contribution in [0.1, 0.15) is 29.6 Å². The van der Waals surface area contributed by atoms with Crippen molar-refractivity contribution in [1.29, 1.82) is 0 Å². The number of allylic oxidation sites excluding steroid dienone is 2. The van der Waals surface area contributed by atoms with Crippen LogP contribution in [0.2, 0.25) is 0 Å². The SMILES string of the molecule is Cc1cn([C@H]2C[C@H](N=[N+]=[N-])[C@@H](CO)O2)c(=O)n(/C=C/C(=O)/C=C(\O)c2nnnn2Cc2ccc(F)cc2)c1=O. The van der Waals surface area contributed by atoms with Gasteiger partial charge in [0, 0.05) is 41.4 Å². The number of rotatable bonds is 9. The van der Waals surface area contributed by atoms with E-state index in [9.17, 15) is 29.0 Å². The van der Waals surface area contributed by atoms with E-state index in [4.69, 9.17) is 10.3 Å². The molecule has 0 saturated carbocycles. The lowest BCUT2D eigenvalue weighted by Crippen LogP contribution is -2.39. The summed E-state index contributed by atoms with van der Waals surface area (Å²) >= 11 is 0. The van der Waals surface area contributed by atoms with Crippen LogP contribution in [-0.2, 0) is 16.1 Å². The monoisotopic (exact) mass is 539 g/mol. The van der Waals surface area contributed by atoms with Crippen LogP contribution in [0.4, 0.5) is 4.39 Å². The van der Waals surface area contributed by atoms with Crippen LogP contribution in [-0.4, -0.2) is 64.1 Å². The van der Waals surface area contributed by atoms with Gasteiger partial charge in [0.15, 0.2) is 11.5 Å². The molecular weight excluding hydrogens is 517 g/mol. The van der Waals surface area contributed by atoms with Gasteiger partial charge in [-0.05, 0) is 40.6 Å². The lowest BCUT2D eigenvalue weighted by Gasteiger charge is -2.16.